The minimum atomic E-state index is -0.534. The molecule has 0 radical (unpaired) electrons. The lowest BCUT2D eigenvalue weighted by atomic mass is 10.2. The number of methoxy groups -OCH3 is 1. The molecule has 0 aliphatic rings. The maximum Gasteiger partial charge on any atom is 0.255 e. The molecule has 27 heavy (non-hydrogen) atoms. The summed E-state index contributed by atoms with van der Waals surface area (Å²) in [5.74, 6) is 0.490. The van der Waals surface area contributed by atoms with Crippen LogP contribution in [0.5, 0.6) is 11.5 Å². The second-order valence-corrected chi connectivity index (χ2v) is 7.74. The van der Waals surface area contributed by atoms with Gasteiger partial charge >= 0.3 is 0 Å². The Hall–Kier alpha value is -2.51. The summed E-state index contributed by atoms with van der Waals surface area (Å²) in [6.45, 7) is 0.483. The molecule has 0 saturated carbocycles. The van der Waals surface area contributed by atoms with E-state index in [0.29, 0.717) is 18.0 Å². The van der Waals surface area contributed by atoms with Crippen molar-refractivity contribution in [1.82, 2.24) is 0 Å². The first-order chi connectivity index (χ1) is 13.1. The number of hydrogen-bond donors (Lipinski definition) is 2. The summed E-state index contributed by atoms with van der Waals surface area (Å²) in [7, 11) is 1.55. The highest BCUT2D eigenvalue weighted by Crippen LogP contribution is 2.34. The third kappa shape index (κ3) is 5.02. The molecule has 2 aromatic carbocycles. The molecule has 0 unspecified atom stereocenters. The summed E-state index contributed by atoms with van der Waals surface area (Å²) in [6, 6.07) is 17.9. The second-order valence-electron chi connectivity index (χ2n) is 5.72. The zero-order valence-electron chi connectivity index (χ0n) is 14.7. The first kappa shape index (κ1) is 19.3. The summed E-state index contributed by atoms with van der Waals surface area (Å²) < 4.78 is 11.7. The molecule has 3 rings (SSSR count). The molecule has 0 spiro atoms. The maximum atomic E-state index is 10.9. The Balaban J connectivity index is 1.69. The number of nitrogens with two attached hydrogens (primary N) is 1. The summed E-state index contributed by atoms with van der Waals surface area (Å²) in [5.41, 5.74) is 7.19. The van der Waals surface area contributed by atoms with Crippen LogP contribution < -0.4 is 20.5 Å². The van der Waals surface area contributed by atoms with E-state index in [4.69, 9.17) is 15.2 Å². The van der Waals surface area contributed by atoms with Crippen molar-refractivity contribution in [2.24, 2.45) is 5.73 Å². The fraction of sp³-hybridized carbons (Fsp3) is 0.150. The number of rotatable bonds is 8. The first-order valence-electron chi connectivity index (χ1n) is 8.23. The molecule has 5 nitrogen and oxygen atoms in total. The lowest BCUT2D eigenvalue weighted by molar-refractivity contribution is -0.119. The molecule has 1 aromatic heterocycles. The van der Waals surface area contributed by atoms with Gasteiger partial charge in [-0.15, -0.1) is 11.3 Å². The largest absolute Gasteiger partial charge is 0.493 e. The van der Waals surface area contributed by atoms with Crippen molar-refractivity contribution >= 4 is 38.9 Å². The van der Waals surface area contributed by atoms with Gasteiger partial charge in [-0.25, -0.2) is 0 Å². The molecule has 7 heteroatoms. The van der Waals surface area contributed by atoms with E-state index >= 15 is 0 Å². The van der Waals surface area contributed by atoms with Crippen LogP contribution in [0.4, 0.5) is 5.69 Å². The van der Waals surface area contributed by atoms with Crippen molar-refractivity contribution in [2.45, 2.75) is 6.54 Å². The summed E-state index contributed by atoms with van der Waals surface area (Å²) in [5, 5.41) is 3.37. The highest BCUT2D eigenvalue weighted by atomic mass is 79.9. The topological polar surface area (TPSA) is 73.6 Å². The van der Waals surface area contributed by atoms with Gasteiger partial charge in [0, 0.05) is 38.1 Å². The molecule has 0 fully saturated rings. The third-order valence-corrected chi connectivity index (χ3v) is 5.61. The molecule has 0 saturated heterocycles. The van der Waals surface area contributed by atoms with E-state index in [1.165, 1.54) is 15.3 Å². The molecule has 0 aliphatic carbocycles. The van der Waals surface area contributed by atoms with Gasteiger partial charge in [0.25, 0.3) is 5.91 Å². The monoisotopic (exact) mass is 446 g/mol. The second kappa shape index (κ2) is 8.92. The van der Waals surface area contributed by atoms with Gasteiger partial charge in [0.15, 0.2) is 18.1 Å². The number of anilines is 1. The first-order valence-corrected chi connectivity index (χ1v) is 9.84. The number of thiophene rings is 1. The fourth-order valence-electron chi connectivity index (χ4n) is 2.52. The Kier molecular flexibility index (Phi) is 6.36. The van der Waals surface area contributed by atoms with Gasteiger partial charge in [-0.05, 0) is 30.3 Å². The van der Waals surface area contributed by atoms with Gasteiger partial charge in [0.05, 0.1) is 7.11 Å². The maximum absolute atomic E-state index is 10.9. The van der Waals surface area contributed by atoms with E-state index in [2.05, 4.69) is 39.4 Å². The van der Waals surface area contributed by atoms with Crippen LogP contribution in [0.25, 0.3) is 10.4 Å². The van der Waals surface area contributed by atoms with Crippen LogP contribution >= 0.6 is 27.3 Å². The van der Waals surface area contributed by atoms with E-state index in [1.807, 2.05) is 24.3 Å². The minimum absolute atomic E-state index is 0.194. The van der Waals surface area contributed by atoms with Crippen molar-refractivity contribution in [1.29, 1.82) is 0 Å². The van der Waals surface area contributed by atoms with Crippen LogP contribution in [0.2, 0.25) is 0 Å². The standard InChI is InChI=1S/C20H19BrN2O3S/c1-25-17-8-6-13(10-18(17)26-12-20(22)24)23-11-14-7-9-19(27-14)15-4-2-3-5-16(15)21/h2-10,23H,11-12H2,1H3,(H2,22,24). The van der Waals surface area contributed by atoms with Crippen LogP contribution in [-0.2, 0) is 11.3 Å². The molecule has 3 N–H and O–H groups in total. The van der Waals surface area contributed by atoms with Crippen LogP contribution in [0.15, 0.2) is 59.1 Å². The lowest BCUT2D eigenvalue weighted by Crippen LogP contribution is -2.20. The van der Waals surface area contributed by atoms with Crippen molar-refractivity contribution < 1.29 is 14.3 Å². The number of nitrogens with one attached hydrogen (secondary N) is 1. The minimum Gasteiger partial charge on any atom is -0.493 e. The van der Waals surface area contributed by atoms with Crippen LogP contribution in [0, 0.1) is 0 Å². The summed E-state index contributed by atoms with van der Waals surface area (Å²) in [4.78, 5) is 13.4. The van der Waals surface area contributed by atoms with E-state index in [1.54, 1.807) is 30.6 Å². The Morgan fingerprint density at radius 2 is 1.96 bits per heavy atom. The van der Waals surface area contributed by atoms with Crippen molar-refractivity contribution in [3.63, 3.8) is 0 Å². The van der Waals surface area contributed by atoms with Crippen molar-refractivity contribution in [3.05, 3.63) is 63.9 Å². The number of benzene rings is 2. The molecular weight excluding hydrogens is 428 g/mol. The predicted octanol–water partition coefficient (Wildman–Crippen LogP) is 4.66. The normalized spacial score (nSPS) is 10.4. The number of hydrogen-bond acceptors (Lipinski definition) is 5. The molecule has 140 valence electrons. The predicted molar refractivity (Wildman–Crippen MR) is 112 cm³/mol. The van der Waals surface area contributed by atoms with Crippen molar-refractivity contribution in [2.75, 3.05) is 19.0 Å². The number of carbonyl (C=O) groups is 1. The van der Waals surface area contributed by atoms with E-state index in [0.717, 1.165) is 10.2 Å². The van der Waals surface area contributed by atoms with Gasteiger partial charge in [-0.1, -0.05) is 34.1 Å². The van der Waals surface area contributed by atoms with Crippen LogP contribution in [-0.4, -0.2) is 19.6 Å². The number of amides is 1. The van der Waals surface area contributed by atoms with E-state index in [9.17, 15) is 4.79 Å². The molecule has 0 aliphatic heterocycles. The number of primary amides is 1. The summed E-state index contributed by atoms with van der Waals surface area (Å²) in [6.07, 6.45) is 0. The zero-order valence-corrected chi connectivity index (χ0v) is 17.1. The number of ether oxygens (including phenoxy) is 2. The molecule has 3 aromatic rings. The third-order valence-electron chi connectivity index (χ3n) is 3.80. The average Bonchev–Trinajstić information content (AvgIpc) is 3.14. The Morgan fingerprint density at radius 1 is 1.15 bits per heavy atom. The quantitative estimate of drug-likeness (QED) is 0.527. The highest BCUT2D eigenvalue weighted by molar-refractivity contribution is 9.10. The fourth-order valence-corrected chi connectivity index (χ4v) is 4.13. The SMILES string of the molecule is COc1ccc(NCc2ccc(-c3ccccc3Br)s2)cc1OCC(N)=O. The average molecular weight is 447 g/mol. The van der Waals surface area contributed by atoms with E-state index in [-0.39, 0.29) is 6.61 Å². The number of halogens is 1. The van der Waals surface area contributed by atoms with Crippen molar-refractivity contribution in [3.8, 4) is 21.9 Å². The summed E-state index contributed by atoms with van der Waals surface area (Å²) >= 11 is 5.33. The Labute approximate surface area is 170 Å². The molecule has 0 atom stereocenters. The van der Waals surface area contributed by atoms with Gasteiger partial charge in [0.2, 0.25) is 0 Å². The van der Waals surface area contributed by atoms with Gasteiger partial charge in [-0.2, -0.15) is 0 Å². The van der Waals surface area contributed by atoms with E-state index < -0.39 is 5.91 Å². The Bertz CT molecular complexity index is 942. The number of carbonyl (C=O) groups excluding carboxylic acids is 1. The highest BCUT2D eigenvalue weighted by Gasteiger charge is 2.09. The zero-order chi connectivity index (χ0) is 19.2. The Morgan fingerprint density at radius 3 is 2.70 bits per heavy atom. The molecule has 1 amide bonds. The van der Waals surface area contributed by atoms with Gasteiger partial charge < -0.3 is 20.5 Å². The smallest absolute Gasteiger partial charge is 0.255 e. The van der Waals surface area contributed by atoms with Crippen LogP contribution in [0.1, 0.15) is 4.88 Å². The molecular formula is C20H19BrN2O3S. The molecule has 1 heterocycles. The van der Waals surface area contributed by atoms with Crippen LogP contribution in [0.3, 0.4) is 0 Å². The van der Waals surface area contributed by atoms with Gasteiger partial charge in [0.1, 0.15) is 0 Å². The molecule has 0 bridgehead atoms. The van der Waals surface area contributed by atoms with Gasteiger partial charge in [-0.3, -0.25) is 4.79 Å². The lowest BCUT2D eigenvalue weighted by Gasteiger charge is -2.12.